The normalized spacial score (nSPS) is 15.6. The highest BCUT2D eigenvalue weighted by Gasteiger charge is 2.23. The molecule has 1 aliphatic rings. The molecular formula is C18H33N3O3. The van der Waals surface area contributed by atoms with Crippen LogP contribution in [0.3, 0.4) is 0 Å². The Morgan fingerprint density at radius 1 is 1.08 bits per heavy atom. The standard InChI is InChI=1S/C18H33N3O3/c1-4-16(22)7-5-6-8-18(24)21-11-9-15(10-12-21)20-17(23)13-19-14(2)3/h14-15,19H,4-13H2,1-3H3,(H,20,23). The highest BCUT2D eigenvalue weighted by atomic mass is 16.2. The smallest absolute Gasteiger partial charge is 0.234 e. The summed E-state index contributed by atoms with van der Waals surface area (Å²) >= 11 is 0. The van der Waals surface area contributed by atoms with E-state index in [0.717, 1.165) is 25.7 Å². The van der Waals surface area contributed by atoms with Crippen molar-refractivity contribution in [3.8, 4) is 0 Å². The molecule has 24 heavy (non-hydrogen) atoms. The number of Topliss-reactive ketones (excluding diaryl/α,β-unsaturated/α-hetero) is 1. The number of carbonyl (C=O) groups is 3. The average Bonchev–Trinajstić information content (AvgIpc) is 2.57. The van der Waals surface area contributed by atoms with Gasteiger partial charge in [-0.05, 0) is 25.7 Å². The molecule has 1 rings (SSSR count). The van der Waals surface area contributed by atoms with E-state index in [1.54, 1.807) is 0 Å². The number of piperidine rings is 1. The van der Waals surface area contributed by atoms with E-state index in [4.69, 9.17) is 0 Å². The minimum Gasteiger partial charge on any atom is -0.352 e. The van der Waals surface area contributed by atoms with Gasteiger partial charge in [0, 0.05) is 44.4 Å². The van der Waals surface area contributed by atoms with Crippen LogP contribution in [0.15, 0.2) is 0 Å². The van der Waals surface area contributed by atoms with Crippen molar-refractivity contribution < 1.29 is 14.4 Å². The summed E-state index contributed by atoms with van der Waals surface area (Å²) in [7, 11) is 0. The first kappa shape index (κ1) is 20.6. The molecule has 6 heteroatoms. The van der Waals surface area contributed by atoms with Gasteiger partial charge in [-0.3, -0.25) is 14.4 Å². The quantitative estimate of drug-likeness (QED) is 0.593. The fraction of sp³-hybridized carbons (Fsp3) is 0.833. The molecule has 0 aromatic rings. The van der Waals surface area contributed by atoms with Crippen molar-refractivity contribution in [2.75, 3.05) is 19.6 Å². The van der Waals surface area contributed by atoms with E-state index in [0.29, 0.717) is 44.9 Å². The van der Waals surface area contributed by atoms with E-state index in [1.807, 2.05) is 25.7 Å². The number of unbranched alkanes of at least 4 members (excludes halogenated alkanes) is 1. The highest BCUT2D eigenvalue weighted by molar-refractivity contribution is 5.79. The average molecular weight is 339 g/mol. The van der Waals surface area contributed by atoms with E-state index in [1.165, 1.54) is 0 Å². The molecule has 0 atom stereocenters. The van der Waals surface area contributed by atoms with Crippen LogP contribution in [0.2, 0.25) is 0 Å². The zero-order valence-corrected chi connectivity index (χ0v) is 15.4. The Bertz CT molecular complexity index is 416. The predicted octanol–water partition coefficient (Wildman–Crippen LogP) is 1.63. The highest BCUT2D eigenvalue weighted by Crippen LogP contribution is 2.13. The third kappa shape index (κ3) is 8.43. The molecule has 1 saturated heterocycles. The second kappa shape index (κ2) is 11.2. The maximum atomic E-state index is 12.2. The minimum atomic E-state index is 0.0223. The molecule has 0 aromatic carbocycles. The number of rotatable bonds is 10. The molecule has 1 heterocycles. The van der Waals surface area contributed by atoms with Gasteiger partial charge in [-0.1, -0.05) is 20.8 Å². The second-order valence-electron chi connectivity index (χ2n) is 6.86. The van der Waals surface area contributed by atoms with Crippen molar-refractivity contribution in [3.63, 3.8) is 0 Å². The van der Waals surface area contributed by atoms with Crippen LogP contribution in [-0.4, -0.2) is 54.2 Å². The molecule has 0 aliphatic carbocycles. The first-order valence-electron chi connectivity index (χ1n) is 9.24. The number of hydrogen-bond acceptors (Lipinski definition) is 4. The molecule has 1 fully saturated rings. The maximum Gasteiger partial charge on any atom is 0.234 e. The summed E-state index contributed by atoms with van der Waals surface area (Å²) in [5.41, 5.74) is 0. The van der Waals surface area contributed by atoms with E-state index in [9.17, 15) is 14.4 Å². The lowest BCUT2D eigenvalue weighted by Crippen LogP contribution is -2.48. The molecule has 1 aliphatic heterocycles. The van der Waals surface area contributed by atoms with Gasteiger partial charge < -0.3 is 15.5 Å². The number of ketones is 1. The number of likely N-dealkylation sites (tertiary alicyclic amines) is 1. The third-order valence-corrected chi connectivity index (χ3v) is 4.37. The number of carbonyl (C=O) groups excluding carboxylic acids is 3. The van der Waals surface area contributed by atoms with E-state index in [-0.39, 0.29) is 23.6 Å². The minimum absolute atomic E-state index is 0.0223. The second-order valence-corrected chi connectivity index (χ2v) is 6.86. The monoisotopic (exact) mass is 339 g/mol. The Morgan fingerprint density at radius 2 is 1.71 bits per heavy atom. The number of hydrogen-bond donors (Lipinski definition) is 2. The van der Waals surface area contributed by atoms with Crippen molar-refractivity contribution >= 4 is 17.6 Å². The van der Waals surface area contributed by atoms with E-state index < -0.39 is 0 Å². The maximum absolute atomic E-state index is 12.2. The Balaban J connectivity index is 2.16. The number of nitrogens with zero attached hydrogens (tertiary/aromatic N) is 1. The van der Waals surface area contributed by atoms with Gasteiger partial charge in [-0.25, -0.2) is 0 Å². The number of nitrogens with one attached hydrogen (secondary N) is 2. The first-order chi connectivity index (χ1) is 11.4. The molecule has 0 radical (unpaired) electrons. The lowest BCUT2D eigenvalue weighted by molar-refractivity contribution is -0.132. The summed E-state index contributed by atoms with van der Waals surface area (Å²) in [6.07, 6.45) is 4.89. The Labute approximate surface area is 145 Å². The summed E-state index contributed by atoms with van der Waals surface area (Å²) in [5, 5.41) is 6.13. The Hall–Kier alpha value is -1.43. The van der Waals surface area contributed by atoms with Crippen LogP contribution in [0.5, 0.6) is 0 Å². The Morgan fingerprint density at radius 3 is 2.29 bits per heavy atom. The van der Waals surface area contributed by atoms with Crippen LogP contribution < -0.4 is 10.6 Å². The lowest BCUT2D eigenvalue weighted by Gasteiger charge is -2.32. The van der Waals surface area contributed by atoms with Gasteiger partial charge in [0.05, 0.1) is 6.54 Å². The molecule has 0 saturated carbocycles. The van der Waals surface area contributed by atoms with Gasteiger partial charge >= 0.3 is 0 Å². The van der Waals surface area contributed by atoms with Crippen LogP contribution in [0.1, 0.15) is 65.7 Å². The molecule has 6 nitrogen and oxygen atoms in total. The van der Waals surface area contributed by atoms with Crippen LogP contribution in [0.4, 0.5) is 0 Å². The number of amides is 2. The molecule has 0 unspecified atom stereocenters. The van der Waals surface area contributed by atoms with Gasteiger partial charge in [-0.15, -0.1) is 0 Å². The van der Waals surface area contributed by atoms with E-state index in [2.05, 4.69) is 10.6 Å². The van der Waals surface area contributed by atoms with Crippen molar-refractivity contribution in [1.82, 2.24) is 15.5 Å². The van der Waals surface area contributed by atoms with Crippen molar-refractivity contribution in [3.05, 3.63) is 0 Å². The summed E-state index contributed by atoms with van der Waals surface area (Å²) in [5.74, 6) is 0.463. The van der Waals surface area contributed by atoms with Crippen LogP contribution in [0, 0.1) is 0 Å². The largest absolute Gasteiger partial charge is 0.352 e. The van der Waals surface area contributed by atoms with Crippen molar-refractivity contribution in [2.24, 2.45) is 0 Å². The van der Waals surface area contributed by atoms with Crippen molar-refractivity contribution in [2.45, 2.75) is 77.8 Å². The molecule has 138 valence electrons. The fourth-order valence-corrected chi connectivity index (χ4v) is 2.78. The van der Waals surface area contributed by atoms with Crippen LogP contribution in [0.25, 0.3) is 0 Å². The van der Waals surface area contributed by atoms with E-state index >= 15 is 0 Å². The van der Waals surface area contributed by atoms with Gasteiger partial charge in [-0.2, -0.15) is 0 Å². The summed E-state index contributed by atoms with van der Waals surface area (Å²) in [6, 6.07) is 0.459. The topological polar surface area (TPSA) is 78.5 Å². The summed E-state index contributed by atoms with van der Waals surface area (Å²) in [6.45, 7) is 7.64. The van der Waals surface area contributed by atoms with Gasteiger partial charge in [0.1, 0.15) is 5.78 Å². The molecule has 0 bridgehead atoms. The molecule has 2 N–H and O–H groups in total. The molecule has 2 amide bonds. The SMILES string of the molecule is CCC(=O)CCCCC(=O)N1CCC(NC(=O)CNC(C)C)CC1. The first-order valence-corrected chi connectivity index (χ1v) is 9.24. The Kier molecular flexibility index (Phi) is 9.60. The molecular weight excluding hydrogens is 306 g/mol. The predicted molar refractivity (Wildman–Crippen MR) is 94.6 cm³/mol. The van der Waals surface area contributed by atoms with Crippen molar-refractivity contribution in [1.29, 1.82) is 0 Å². The zero-order chi connectivity index (χ0) is 17.9. The molecule has 0 spiro atoms. The zero-order valence-electron chi connectivity index (χ0n) is 15.4. The van der Waals surface area contributed by atoms with Gasteiger partial charge in [0.15, 0.2) is 0 Å². The van der Waals surface area contributed by atoms with Gasteiger partial charge in [0.25, 0.3) is 0 Å². The third-order valence-electron chi connectivity index (χ3n) is 4.37. The summed E-state index contributed by atoms with van der Waals surface area (Å²) < 4.78 is 0. The van der Waals surface area contributed by atoms with Gasteiger partial charge in [0.2, 0.25) is 11.8 Å². The lowest BCUT2D eigenvalue weighted by atomic mass is 10.0. The van der Waals surface area contributed by atoms with Crippen LogP contribution in [-0.2, 0) is 14.4 Å². The van der Waals surface area contributed by atoms with Crippen LogP contribution >= 0.6 is 0 Å². The summed E-state index contributed by atoms with van der Waals surface area (Å²) in [4.78, 5) is 37.1. The molecule has 0 aromatic heterocycles. The fourth-order valence-electron chi connectivity index (χ4n) is 2.78.